The fraction of sp³-hybridized carbons (Fsp3) is 0.0588. The van der Waals surface area contributed by atoms with Gasteiger partial charge in [-0.2, -0.15) is 0 Å². The Kier molecular flexibility index (Phi) is 3.59. The molecule has 0 aliphatic carbocycles. The van der Waals surface area contributed by atoms with Crippen LogP contribution in [0.1, 0.15) is 16.1 Å². The minimum absolute atomic E-state index is 0.180. The summed E-state index contributed by atoms with van der Waals surface area (Å²) in [7, 11) is 0. The molecule has 1 N–H and O–H groups in total. The van der Waals surface area contributed by atoms with Crippen molar-refractivity contribution < 1.29 is 4.79 Å². The van der Waals surface area contributed by atoms with Gasteiger partial charge in [-0.25, -0.2) is 0 Å². The maximum Gasteiger partial charge on any atom is 0.257 e. The highest BCUT2D eigenvalue weighted by Crippen LogP contribution is 2.19. The lowest BCUT2D eigenvalue weighted by Gasteiger charge is -2.08. The molecule has 0 bridgehead atoms. The zero-order valence-corrected chi connectivity index (χ0v) is 12.2. The standard InChI is InChI=1S/C17H13ClN2O/c1-11-5-6-12-3-2-4-15(16(12)19-11)17(21)20-14-9-7-13(18)8-10-14/h2-10H,1H3,(H,20,21). The topological polar surface area (TPSA) is 42.0 Å². The van der Waals surface area contributed by atoms with Gasteiger partial charge in [0, 0.05) is 21.8 Å². The molecule has 0 aliphatic rings. The molecule has 0 saturated heterocycles. The maximum absolute atomic E-state index is 12.4. The van der Waals surface area contributed by atoms with E-state index in [1.165, 1.54) is 0 Å². The van der Waals surface area contributed by atoms with E-state index in [0.29, 0.717) is 21.8 Å². The summed E-state index contributed by atoms with van der Waals surface area (Å²) in [5.74, 6) is -0.180. The Morgan fingerprint density at radius 1 is 1.05 bits per heavy atom. The Morgan fingerprint density at radius 3 is 2.57 bits per heavy atom. The Labute approximate surface area is 127 Å². The Bertz CT molecular complexity index is 813. The molecular formula is C17H13ClN2O. The third-order valence-electron chi connectivity index (χ3n) is 3.21. The molecule has 3 nitrogen and oxygen atoms in total. The van der Waals surface area contributed by atoms with Crippen molar-refractivity contribution in [3.05, 3.63) is 70.9 Å². The number of halogens is 1. The molecule has 0 atom stereocenters. The number of anilines is 1. The molecule has 0 unspecified atom stereocenters. The SMILES string of the molecule is Cc1ccc2cccc(C(=O)Nc3ccc(Cl)cc3)c2n1. The summed E-state index contributed by atoms with van der Waals surface area (Å²) >= 11 is 5.84. The van der Waals surface area contributed by atoms with E-state index < -0.39 is 0 Å². The number of nitrogens with one attached hydrogen (secondary N) is 1. The maximum atomic E-state index is 12.4. The average molecular weight is 297 g/mol. The van der Waals surface area contributed by atoms with Crippen molar-refractivity contribution in [2.45, 2.75) is 6.92 Å². The van der Waals surface area contributed by atoms with Gasteiger partial charge in [0.05, 0.1) is 11.1 Å². The lowest BCUT2D eigenvalue weighted by molar-refractivity contribution is 0.102. The van der Waals surface area contributed by atoms with Crippen molar-refractivity contribution >= 4 is 34.1 Å². The summed E-state index contributed by atoms with van der Waals surface area (Å²) in [4.78, 5) is 16.9. The van der Waals surface area contributed by atoms with E-state index in [1.807, 2.05) is 31.2 Å². The number of fused-ring (bicyclic) bond motifs is 1. The number of carbonyl (C=O) groups excluding carboxylic acids is 1. The monoisotopic (exact) mass is 296 g/mol. The summed E-state index contributed by atoms with van der Waals surface area (Å²) in [5, 5.41) is 4.44. The van der Waals surface area contributed by atoms with Crippen LogP contribution in [0.3, 0.4) is 0 Å². The Morgan fingerprint density at radius 2 is 1.81 bits per heavy atom. The highest BCUT2D eigenvalue weighted by Gasteiger charge is 2.11. The van der Waals surface area contributed by atoms with Crippen molar-refractivity contribution in [2.24, 2.45) is 0 Å². The molecule has 1 heterocycles. The number of aromatic nitrogens is 1. The predicted molar refractivity (Wildman–Crippen MR) is 85.9 cm³/mol. The zero-order chi connectivity index (χ0) is 14.8. The van der Waals surface area contributed by atoms with E-state index in [0.717, 1.165) is 11.1 Å². The number of rotatable bonds is 2. The van der Waals surface area contributed by atoms with Crippen LogP contribution in [0.2, 0.25) is 5.02 Å². The molecule has 3 rings (SSSR count). The molecule has 4 heteroatoms. The van der Waals surface area contributed by atoms with E-state index in [4.69, 9.17) is 11.6 Å². The van der Waals surface area contributed by atoms with Crippen LogP contribution < -0.4 is 5.32 Å². The van der Waals surface area contributed by atoms with Crippen LogP contribution in [0.4, 0.5) is 5.69 Å². The summed E-state index contributed by atoms with van der Waals surface area (Å²) < 4.78 is 0. The molecule has 0 radical (unpaired) electrons. The van der Waals surface area contributed by atoms with Gasteiger partial charge in [-0.05, 0) is 43.3 Å². The Hall–Kier alpha value is -2.39. The number of carbonyl (C=O) groups is 1. The Balaban J connectivity index is 1.97. The lowest BCUT2D eigenvalue weighted by Crippen LogP contribution is -2.12. The van der Waals surface area contributed by atoms with Crippen LogP contribution in [0.25, 0.3) is 10.9 Å². The van der Waals surface area contributed by atoms with Gasteiger partial charge in [-0.15, -0.1) is 0 Å². The second-order valence-electron chi connectivity index (χ2n) is 4.79. The van der Waals surface area contributed by atoms with Gasteiger partial charge >= 0.3 is 0 Å². The number of hydrogen-bond acceptors (Lipinski definition) is 2. The van der Waals surface area contributed by atoms with Crippen molar-refractivity contribution in [3.8, 4) is 0 Å². The first-order valence-electron chi connectivity index (χ1n) is 6.57. The second kappa shape index (κ2) is 5.54. The molecule has 2 aromatic carbocycles. The molecule has 0 saturated carbocycles. The number of para-hydroxylation sites is 1. The van der Waals surface area contributed by atoms with Crippen LogP contribution in [-0.2, 0) is 0 Å². The van der Waals surface area contributed by atoms with Crippen LogP contribution in [0.15, 0.2) is 54.6 Å². The normalized spacial score (nSPS) is 10.6. The smallest absolute Gasteiger partial charge is 0.257 e. The third kappa shape index (κ3) is 2.88. The number of hydrogen-bond donors (Lipinski definition) is 1. The number of nitrogens with zero attached hydrogens (tertiary/aromatic N) is 1. The van der Waals surface area contributed by atoms with Crippen molar-refractivity contribution in [1.82, 2.24) is 4.98 Å². The van der Waals surface area contributed by atoms with E-state index in [9.17, 15) is 4.79 Å². The first-order chi connectivity index (χ1) is 10.1. The summed E-state index contributed by atoms with van der Waals surface area (Å²) in [6, 6.07) is 16.5. The number of amides is 1. The van der Waals surface area contributed by atoms with Crippen LogP contribution in [0, 0.1) is 6.92 Å². The van der Waals surface area contributed by atoms with E-state index in [2.05, 4.69) is 10.3 Å². The van der Waals surface area contributed by atoms with Crippen molar-refractivity contribution in [2.75, 3.05) is 5.32 Å². The fourth-order valence-corrected chi connectivity index (χ4v) is 2.29. The highest BCUT2D eigenvalue weighted by atomic mass is 35.5. The predicted octanol–water partition coefficient (Wildman–Crippen LogP) is 4.45. The molecule has 0 spiro atoms. The minimum atomic E-state index is -0.180. The van der Waals surface area contributed by atoms with Gasteiger partial charge in [0.15, 0.2) is 0 Å². The first-order valence-corrected chi connectivity index (χ1v) is 6.94. The van der Waals surface area contributed by atoms with Gasteiger partial charge in [-0.1, -0.05) is 29.8 Å². The lowest BCUT2D eigenvalue weighted by atomic mass is 10.1. The molecule has 21 heavy (non-hydrogen) atoms. The second-order valence-corrected chi connectivity index (χ2v) is 5.23. The van der Waals surface area contributed by atoms with Gasteiger partial charge in [0.1, 0.15) is 0 Å². The molecule has 1 amide bonds. The molecular weight excluding hydrogens is 284 g/mol. The third-order valence-corrected chi connectivity index (χ3v) is 3.46. The van der Waals surface area contributed by atoms with Gasteiger partial charge in [-0.3, -0.25) is 9.78 Å². The van der Waals surface area contributed by atoms with Crippen molar-refractivity contribution in [3.63, 3.8) is 0 Å². The minimum Gasteiger partial charge on any atom is -0.322 e. The quantitative estimate of drug-likeness (QED) is 0.759. The number of aryl methyl sites for hydroxylation is 1. The largest absolute Gasteiger partial charge is 0.322 e. The van der Waals surface area contributed by atoms with Crippen LogP contribution >= 0.6 is 11.6 Å². The van der Waals surface area contributed by atoms with Crippen molar-refractivity contribution in [1.29, 1.82) is 0 Å². The molecule has 3 aromatic rings. The molecule has 104 valence electrons. The van der Waals surface area contributed by atoms with E-state index in [1.54, 1.807) is 30.3 Å². The number of benzene rings is 2. The summed E-state index contributed by atoms with van der Waals surface area (Å²) in [6.45, 7) is 1.91. The zero-order valence-electron chi connectivity index (χ0n) is 11.4. The van der Waals surface area contributed by atoms with Gasteiger partial charge < -0.3 is 5.32 Å². The molecule has 0 aliphatic heterocycles. The van der Waals surface area contributed by atoms with Gasteiger partial charge in [0.2, 0.25) is 0 Å². The average Bonchev–Trinajstić information content (AvgIpc) is 2.49. The van der Waals surface area contributed by atoms with Crippen LogP contribution in [0.5, 0.6) is 0 Å². The highest BCUT2D eigenvalue weighted by molar-refractivity contribution is 6.30. The van der Waals surface area contributed by atoms with Crippen LogP contribution in [-0.4, -0.2) is 10.9 Å². The first kappa shape index (κ1) is 13.6. The summed E-state index contributed by atoms with van der Waals surface area (Å²) in [5.41, 5.74) is 2.86. The fourth-order valence-electron chi connectivity index (χ4n) is 2.16. The summed E-state index contributed by atoms with van der Waals surface area (Å²) in [6.07, 6.45) is 0. The molecule has 1 aromatic heterocycles. The van der Waals surface area contributed by atoms with E-state index in [-0.39, 0.29) is 5.91 Å². The van der Waals surface area contributed by atoms with E-state index >= 15 is 0 Å². The van der Waals surface area contributed by atoms with Gasteiger partial charge in [0.25, 0.3) is 5.91 Å². The number of pyridine rings is 1. The molecule has 0 fully saturated rings.